The summed E-state index contributed by atoms with van der Waals surface area (Å²) in [5.41, 5.74) is 5.49. The Labute approximate surface area is 136 Å². The van der Waals surface area contributed by atoms with Crippen LogP contribution in [0.15, 0.2) is 34.7 Å². The molecule has 0 spiro atoms. The van der Waals surface area contributed by atoms with Crippen molar-refractivity contribution in [2.45, 2.75) is 26.9 Å². The monoisotopic (exact) mass is 338 g/mol. The molecule has 0 saturated carbocycles. The van der Waals surface area contributed by atoms with Gasteiger partial charge in [-0.25, -0.2) is 0 Å². The van der Waals surface area contributed by atoms with Crippen molar-refractivity contribution in [3.05, 3.63) is 53.0 Å². The smallest absolute Gasteiger partial charge is 0.387 e. The summed E-state index contributed by atoms with van der Waals surface area (Å²) in [6, 6.07) is 7.22. The van der Waals surface area contributed by atoms with E-state index in [1.807, 2.05) is 0 Å². The minimum Gasteiger partial charge on any atom is -0.466 e. The zero-order chi connectivity index (χ0) is 17.7. The van der Waals surface area contributed by atoms with Crippen molar-refractivity contribution < 1.29 is 27.5 Å². The Balaban J connectivity index is 1.85. The van der Waals surface area contributed by atoms with Crippen LogP contribution < -0.4 is 15.6 Å². The molecule has 1 heterocycles. The third kappa shape index (κ3) is 4.80. The number of hydrogen-bond acceptors (Lipinski definition) is 4. The highest BCUT2D eigenvalue weighted by Gasteiger charge is 2.14. The van der Waals surface area contributed by atoms with Crippen LogP contribution in [0, 0.1) is 13.8 Å². The maximum absolute atomic E-state index is 12.0. The summed E-state index contributed by atoms with van der Waals surface area (Å²) in [4.78, 5) is 23.7. The highest BCUT2D eigenvalue weighted by atomic mass is 19.3. The Hall–Kier alpha value is -2.90. The molecular formula is C16H16F2N2O4. The molecule has 1 aromatic carbocycles. The van der Waals surface area contributed by atoms with E-state index in [0.717, 1.165) is 0 Å². The van der Waals surface area contributed by atoms with Gasteiger partial charge in [0.15, 0.2) is 0 Å². The SMILES string of the molecule is Cc1cc(C(=O)NNC(=O)Cc2ccc(OC(F)F)cc2)c(C)o1. The third-order valence-corrected chi connectivity index (χ3v) is 3.11. The zero-order valence-electron chi connectivity index (χ0n) is 13.1. The molecule has 0 unspecified atom stereocenters. The van der Waals surface area contributed by atoms with Crippen molar-refractivity contribution in [1.29, 1.82) is 0 Å². The lowest BCUT2D eigenvalue weighted by atomic mass is 10.1. The van der Waals surface area contributed by atoms with Crippen molar-refractivity contribution in [3.63, 3.8) is 0 Å². The number of hydrogen-bond donors (Lipinski definition) is 2. The van der Waals surface area contributed by atoms with Gasteiger partial charge in [0.25, 0.3) is 5.91 Å². The molecule has 0 aliphatic rings. The van der Waals surface area contributed by atoms with Gasteiger partial charge in [-0.1, -0.05) is 12.1 Å². The average molecular weight is 338 g/mol. The molecule has 24 heavy (non-hydrogen) atoms. The summed E-state index contributed by atoms with van der Waals surface area (Å²) >= 11 is 0. The third-order valence-electron chi connectivity index (χ3n) is 3.11. The van der Waals surface area contributed by atoms with Crippen LogP contribution >= 0.6 is 0 Å². The Bertz CT molecular complexity index is 726. The quantitative estimate of drug-likeness (QED) is 0.821. The number of halogens is 2. The van der Waals surface area contributed by atoms with Gasteiger partial charge in [-0.05, 0) is 37.6 Å². The number of rotatable bonds is 5. The van der Waals surface area contributed by atoms with Crippen LogP contribution in [0.3, 0.4) is 0 Å². The van der Waals surface area contributed by atoms with E-state index in [9.17, 15) is 18.4 Å². The summed E-state index contributed by atoms with van der Waals surface area (Å²) in [5, 5.41) is 0. The fraction of sp³-hybridized carbons (Fsp3) is 0.250. The second-order valence-electron chi connectivity index (χ2n) is 5.03. The first-order chi connectivity index (χ1) is 11.3. The van der Waals surface area contributed by atoms with Gasteiger partial charge in [-0.15, -0.1) is 0 Å². The zero-order valence-corrected chi connectivity index (χ0v) is 13.1. The molecule has 0 aliphatic carbocycles. The maximum Gasteiger partial charge on any atom is 0.387 e. The van der Waals surface area contributed by atoms with Gasteiger partial charge in [0.05, 0.1) is 12.0 Å². The van der Waals surface area contributed by atoms with Crippen LogP contribution in [-0.2, 0) is 11.2 Å². The number of benzene rings is 1. The van der Waals surface area contributed by atoms with Crippen LogP contribution in [-0.4, -0.2) is 18.4 Å². The molecule has 0 saturated heterocycles. The van der Waals surface area contributed by atoms with E-state index in [0.29, 0.717) is 22.6 Å². The van der Waals surface area contributed by atoms with Crippen LogP contribution in [0.4, 0.5) is 8.78 Å². The predicted molar refractivity (Wildman–Crippen MR) is 80.6 cm³/mol. The topological polar surface area (TPSA) is 80.6 Å². The number of hydrazine groups is 1. The number of aryl methyl sites for hydroxylation is 2. The number of carbonyl (C=O) groups excluding carboxylic acids is 2. The van der Waals surface area contributed by atoms with E-state index in [1.54, 1.807) is 19.9 Å². The highest BCUT2D eigenvalue weighted by Crippen LogP contribution is 2.15. The molecule has 2 aromatic rings. The first-order valence-corrected chi connectivity index (χ1v) is 7.05. The molecule has 6 nitrogen and oxygen atoms in total. The van der Waals surface area contributed by atoms with Crippen molar-refractivity contribution in [2.75, 3.05) is 0 Å². The summed E-state index contributed by atoms with van der Waals surface area (Å²) in [7, 11) is 0. The summed E-state index contributed by atoms with van der Waals surface area (Å²) in [6.45, 7) is 0.459. The Morgan fingerprint density at radius 3 is 2.38 bits per heavy atom. The molecule has 2 amide bonds. The number of furan rings is 1. The normalized spacial score (nSPS) is 10.5. The van der Waals surface area contributed by atoms with E-state index >= 15 is 0 Å². The van der Waals surface area contributed by atoms with Crippen molar-refractivity contribution in [3.8, 4) is 5.75 Å². The van der Waals surface area contributed by atoms with Crippen LogP contribution in [0.5, 0.6) is 5.75 Å². The molecule has 128 valence electrons. The van der Waals surface area contributed by atoms with E-state index in [1.165, 1.54) is 24.3 Å². The van der Waals surface area contributed by atoms with E-state index in [4.69, 9.17) is 4.42 Å². The van der Waals surface area contributed by atoms with Crippen LogP contribution in [0.1, 0.15) is 27.4 Å². The lowest BCUT2D eigenvalue weighted by Gasteiger charge is -2.08. The van der Waals surface area contributed by atoms with Crippen molar-refractivity contribution in [1.82, 2.24) is 10.9 Å². The standard InChI is InChI=1S/C16H16F2N2O4/c1-9-7-13(10(2)23-9)15(22)20-19-14(21)8-11-3-5-12(6-4-11)24-16(17)18/h3-7,16H,8H2,1-2H3,(H,19,21)(H,20,22). The van der Waals surface area contributed by atoms with Gasteiger partial charge < -0.3 is 9.15 Å². The lowest BCUT2D eigenvalue weighted by molar-refractivity contribution is -0.121. The molecule has 1 aromatic heterocycles. The van der Waals surface area contributed by atoms with Gasteiger partial charge >= 0.3 is 6.61 Å². The Morgan fingerprint density at radius 2 is 1.83 bits per heavy atom. The fourth-order valence-electron chi connectivity index (χ4n) is 2.07. The van der Waals surface area contributed by atoms with Gasteiger partial charge in [0, 0.05) is 0 Å². The number of carbonyl (C=O) groups is 2. The lowest BCUT2D eigenvalue weighted by Crippen LogP contribution is -2.42. The molecule has 0 radical (unpaired) electrons. The van der Waals surface area contributed by atoms with Crippen molar-refractivity contribution in [2.24, 2.45) is 0 Å². The number of alkyl halides is 2. The minimum absolute atomic E-state index is 0.00765. The molecule has 2 N–H and O–H groups in total. The second-order valence-corrected chi connectivity index (χ2v) is 5.03. The van der Waals surface area contributed by atoms with Gasteiger partial charge in [0.1, 0.15) is 17.3 Å². The van der Waals surface area contributed by atoms with Gasteiger partial charge in [-0.3, -0.25) is 20.4 Å². The minimum atomic E-state index is -2.90. The van der Waals surface area contributed by atoms with E-state index < -0.39 is 18.4 Å². The molecule has 2 rings (SSSR count). The van der Waals surface area contributed by atoms with Gasteiger partial charge in [0.2, 0.25) is 5.91 Å². The fourth-order valence-corrected chi connectivity index (χ4v) is 2.07. The van der Waals surface area contributed by atoms with Gasteiger partial charge in [-0.2, -0.15) is 8.78 Å². The molecule has 0 fully saturated rings. The molecular weight excluding hydrogens is 322 g/mol. The average Bonchev–Trinajstić information content (AvgIpc) is 2.85. The van der Waals surface area contributed by atoms with Crippen molar-refractivity contribution >= 4 is 11.8 Å². The Morgan fingerprint density at radius 1 is 1.17 bits per heavy atom. The number of ether oxygens (including phenoxy) is 1. The summed E-state index contributed by atoms with van der Waals surface area (Å²) in [6.07, 6.45) is -0.0291. The summed E-state index contributed by atoms with van der Waals surface area (Å²) in [5.74, 6) is 0.111. The molecule has 0 bridgehead atoms. The Kier molecular flexibility index (Phi) is 5.51. The first kappa shape index (κ1) is 17.5. The number of amides is 2. The largest absolute Gasteiger partial charge is 0.466 e. The van der Waals surface area contributed by atoms with Crippen LogP contribution in [0.25, 0.3) is 0 Å². The molecule has 0 atom stereocenters. The van der Waals surface area contributed by atoms with E-state index in [-0.39, 0.29) is 12.2 Å². The first-order valence-electron chi connectivity index (χ1n) is 7.05. The number of nitrogens with one attached hydrogen (secondary N) is 2. The highest BCUT2D eigenvalue weighted by molar-refractivity contribution is 5.96. The maximum atomic E-state index is 12.0. The molecule has 0 aliphatic heterocycles. The molecule has 8 heteroatoms. The predicted octanol–water partition coefficient (Wildman–Crippen LogP) is 2.50. The summed E-state index contributed by atoms with van der Waals surface area (Å²) < 4.78 is 33.5. The van der Waals surface area contributed by atoms with E-state index in [2.05, 4.69) is 15.6 Å². The van der Waals surface area contributed by atoms with Crippen LogP contribution in [0.2, 0.25) is 0 Å². The second kappa shape index (κ2) is 7.58.